The fourth-order valence-electron chi connectivity index (χ4n) is 6.68. The molecule has 0 radical (unpaired) electrons. The van der Waals surface area contributed by atoms with E-state index in [0.717, 1.165) is 11.1 Å². The summed E-state index contributed by atoms with van der Waals surface area (Å²) in [6.07, 6.45) is 0.267. The van der Waals surface area contributed by atoms with Gasteiger partial charge in [0.25, 0.3) is 21.8 Å². The molecular weight excluding hydrogens is 822 g/mol. The quantitative estimate of drug-likeness (QED) is 0.100. The fraction of sp³-hybridized carbons (Fsp3) is 0.302. The zero-order valence-corrected chi connectivity index (χ0v) is 34.4. The molecule has 316 valence electrons. The molecule has 17 heteroatoms. The van der Waals surface area contributed by atoms with E-state index in [2.05, 4.69) is 15.4 Å². The van der Waals surface area contributed by atoms with Crippen molar-refractivity contribution in [2.75, 3.05) is 13.2 Å². The first-order valence-electron chi connectivity index (χ1n) is 18.9. The summed E-state index contributed by atoms with van der Waals surface area (Å²) in [6, 6.07) is 21.9. The number of nitrogens with one attached hydrogen (secondary N) is 3. The van der Waals surface area contributed by atoms with Crippen molar-refractivity contribution in [3.63, 3.8) is 0 Å². The number of ether oxygens (including phenoxy) is 1. The largest absolute Gasteiger partial charge is 0.461 e. The number of halogens is 3. The molecule has 3 N–H and O–H groups in total. The highest BCUT2D eigenvalue weighted by Crippen LogP contribution is 2.27. The van der Waals surface area contributed by atoms with Crippen LogP contribution in [0.1, 0.15) is 58.2 Å². The molecule has 1 aliphatic carbocycles. The van der Waals surface area contributed by atoms with Crippen molar-refractivity contribution in [1.29, 1.82) is 0 Å². The molecule has 60 heavy (non-hydrogen) atoms. The number of sulfonamides is 1. The number of hydrogen-bond acceptors (Lipinski definition) is 9. The number of fused-ring (bicyclic) bond motifs is 1. The van der Waals surface area contributed by atoms with E-state index in [4.69, 9.17) is 11.6 Å². The van der Waals surface area contributed by atoms with Crippen molar-refractivity contribution in [3.8, 4) is 0 Å². The first kappa shape index (κ1) is 45.1. The van der Waals surface area contributed by atoms with Gasteiger partial charge in [-0.05, 0) is 90.9 Å². The summed E-state index contributed by atoms with van der Waals surface area (Å²) < 4.78 is 62.1. The molecule has 0 unspecified atom stereocenters. The predicted octanol–water partition coefficient (Wildman–Crippen LogP) is 4.70. The molecule has 2 atom stereocenters. The Kier molecular flexibility index (Phi) is 14.6. The molecular formula is C43H43ClF2N4O9S. The number of rotatable bonds is 17. The maximum atomic E-state index is 15.1. The molecule has 5 rings (SSSR count). The van der Waals surface area contributed by atoms with Crippen LogP contribution in [0.2, 0.25) is 5.02 Å². The second-order valence-electron chi connectivity index (χ2n) is 14.4. The third-order valence-corrected chi connectivity index (χ3v) is 11.4. The van der Waals surface area contributed by atoms with Crippen molar-refractivity contribution in [3.05, 3.63) is 136 Å². The first-order chi connectivity index (χ1) is 28.4. The summed E-state index contributed by atoms with van der Waals surface area (Å²) in [4.78, 5) is 81.3. The van der Waals surface area contributed by atoms with Gasteiger partial charge in [-0.3, -0.25) is 24.0 Å². The lowest BCUT2D eigenvalue weighted by Gasteiger charge is -2.34. The third-order valence-electron chi connectivity index (χ3n) is 9.82. The van der Waals surface area contributed by atoms with Gasteiger partial charge in [0.1, 0.15) is 6.04 Å². The van der Waals surface area contributed by atoms with Crippen LogP contribution in [0.15, 0.2) is 108 Å². The Morgan fingerprint density at radius 1 is 0.800 bits per heavy atom. The maximum absolute atomic E-state index is 15.1. The molecule has 0 saturated carbocycles. The number of ketones is 1. The number of carbonyl (C=O) groups is 6. The van der Waals surface area contributed by atoms with E-state index in [0.29, 0.717) is 23.4 Å². The van der Waals surface area contributed by atoms with Gasteiger partial charge in [-0.15, -0.1) is 0 Å². The smallest absolute Gasteiger partial charge is 0.401 e. The summed E-state index contributed by atoms with van der Waals surface area (Å²) in [6.45, 7) is 3.55. The number of alkyl halides is 2. The fourth-order valence-corrected chi connectivity index (χ4v) is 7.78. The second kappa shape index (κ2) is 19.4. The molecule has 0 spiro atoms. The lowest BCUT2D eigenvalue weighted by molar-refractivity contribution is -0.177. The van der Waals surface area contributed by atoms with Gasteiger partial charge in [0, 0.05) is 28.6 Å². The number of carbonyl (C=O) groups excluding carboxylic acids is 6. The van der Waals surface area contributed by atoms with Crippen molar-refractivity contribution in [2.45, 2.75) is 69.0 Å². The first-order valence-corrected chi connectivity index (χ1v) is 20.8. The highest BCUT2D eigenvalue weighted by atomic mass is 35.5. The molecule has 4 aromatic carbocycles. The number of benzene rings is 4. The monoisotopic (exact) mass is 864 g/mol. The highest BCUT2D eigenvalue weighted by Gasteiger charge is 2.52. The van der Waals surface area contributed by atoms with Crippen molar-refractivity contribution >= 4 is 57.0 Å². The van der Waals surface area contributed by atoms with E-state index >= 15 is 8.78 Å². The Morgan fingerprint density at radius 2 is 1.35 bits per heavy atom. The zero-order valence-electron chi connectivity index (χ0n) is 32.8. The number of Topliss-reactive ketones (excluding diaryl/α,β-unsaturated/α-hetero) is 1. The SMILES string of the molecule is CCOC(=O)C(F)(F)C(=O)[C@H](Cc1ccccc1)NC(=O)CN(C(=O)[C@@H](NC(=O)c1ccc(C(=O)NS(=O)(=O)c2ccc(Cl)cc2)cc1)C(C)C)C1Cc2ccccc2C1. The minimum Gasteiger partial charge on any atom is -0.461 e. The minimum absolute atomic E-state index is 0.0212. The standard InChI is InChI=1S/C43H43ClF2N4O9S/c1-4-59-42(56)43(45,46)38(52)35(22-27-10-6-5-7-11-27)47-36(51)25-50(33-23-30-12-8-9-13-31(30)24-33)41(55)37(26(2)3)48-39(53)28-14-16-29(17-15-28)40(54)49-60(57,58)34-20-18-32(44)19-21-34/h5-21,26,33,35,37H,4,22-25H2,1-3H3,(H,47,51)(H,48,53)(H,49,54)/t35-,37-/m0/s1. The molecule has 0 aliphatic heterocycles. The van der Waals surface area contributed by atoms with Crippen LogP contribution in [0.5, 0.6) is 0 Å². The average Bonchev–Trinajstić information content (AvgIpc) is 3.65. The van der Waals surface area contributed by atoms with Gasteiger partial charge in [-0.2, -0.15) is 8.78 Å². The summed E-state index contributed by atoms with van der Waals surface area (Å²) in [5, 5.41) is 5.35. The Bertz CT molecular complexity index is 2320. The average molecular weight is 865 g/mol. The number of hydrogen-bond donors (Lipinski definition) is 3. The van der Waals surface area contributed by atoms with Gasteiger partial charge in [0.2, 0.25) is 17.6 Å². The Morgan fingerprint density at radius 3 is 1.90 bits per heavy atom. The van der Waals surface area contributed by atoms with E-state index in [1.54, 1.807) is 44.2 Å². The number of nitrogens with zero attached hydrogens (tertiary/aromatic N) is 1. The molecule has 4 amide bonds. The van der Waals surface area contributed by atoms with Gasteiger partial charge in [-0.25, -0.2) is 17.9 Å². The van der Waals surface area contributed by atoms with Crippen LogP contribution in [-0.2, 0) is 53.2 Å². The highest BCUT2D eigenvalue weighted by molar-refractivity contribution is 7.90. The molecule has 13 nitrogen and oxygen atoms in total. The van der Waals surface area contributed by atoms with Crippen molar-refractivity contribution in [1.82, 2.24) is 20.3 Å². The summed E-state index contributed by atoms with van der Waals surface area (Å²) in [5.74, 6) is -12.4. The number of esters is 1. The summed E-state index contributed by atoms with van der Waals surface area (Å²) in [7, 11) is -4.24. The van der Waals surface area contributed by atoms with Crippen molar-refractivity contribution < 1.29 is 50.7 Å². The van der Waals surface area contributed by atoms with E-state index in [1.165, 1.54) is 60.4 Å². The van der Waals surface area contributed by atoms with E-state index in [1.807, 2.05) is 29.0 Å². The van der Waals surface area contributed by atoms with Gasteiger partial charge in [0.05, 0.1) is 24.1 Å². The molecule has 0 aromatic heterocycles. The minimum atomic E-state index is -4.59. The molecule has 0 bridgehead atoms. The Labute approximate surface area is 350 Å². The predicted molar refractivity (Wildman–Crippen MR) is 217 cm³/mol. The van der Waals surface area contributed by atoms with Crippen molar-refractivity contribution in [2.24, 2.45) is 5.92 Å². The van der Waals surface area contributed by atoms with Crippen LogP contribution < -0.4 is 15.4 Å². The van der Waals surface area contributed by atoms with E-state index in [9.17, 15) is 37.2 Å². The molecule has 0 saturated heterocycles. The van der Waals surface area contributed by atoms with Gasteiger partial charge < -0.3 is 20.3 Å². The van der Waals surface area contributed by atoms with Crippen LogP contribution in [-0.4, -0.2) is 85.9 Å². The zero-order chi connectivity index (χ0) is 43.8. The molecule has 0 fully saturated rings. The summed E-state index contributed by atoms with van der Waals surface area (Å²) in [5.41, 5.74) is 2.19. The van der Waals surface area contributed by atoms with Gasteiger partial charge >= 0.3 is 11.9 Å². The van der Waals surface area contributed by atoms with Crippen LogP contribution in [0.3, 0.4) is 0 Å². The van der Waals surface area contributed by atoms with E-state index < -0.39 is 94.9 Å². The maximum Gasteiger partial charge on any atom is 0.401 e. The lowest BCUT2D eigenvalue weighted by atomic mass is 9.98. The topological polar surface area (TPSA) is 185 Å². The summed E-state index contributed by atoms with van der Waals surface area (Å²) >= 11 is 5.83. The van der Waals surface area contributed by atoms with Gasteiger partial charge in [-0.1, -0.05) is 80.0 Å². The normalized spacial score (nSPS) is 13.7. The van der Waals surface area contributed by atoms with Crippen LogP contribution in [0.4, 0.5) is 8.78 Å². The molecule has 0 heterocycles. The van der Waals surface area contributed by atoms with Gasteiger partial charge in [0.15, 0.2) is 0 Å². The Hall–Kier alpha value is -6.00. The Balaban J connectivity index is 1.36. The van der Waals surface area contributed by atoms with Crippen LogP contribution in [0.25, 0.3) is 0 Å². The van der Waals surface area contributed by atoms with Crippen LogP contribution >= 0.6 is 11.6 Å². The third kappa shape index (κ3) is 11.0. The lowest BCUT2D eigenvalue weighted by Crippen LogP contribution is -2.58. The van der Waals surface area contributed by atoms with E-state index in [-0.39, 0.29) is 16.0 Å². The molecule has 1 aliphatic rings. The van der Waals surface area contributed by atoms with Crippen LogP contribution in [0, 0.1) is 5.92 Å². The number of amides is 4. The second-order valence-corrected chi connectivity index (χ2v) is 16.5. The molecule has 4 aromatic rings.